The van der Waals surface area contributed by atoms with Gasteiger partial charge in [-0.25, -0.2) is 0 Å². The number of hydrogen-bond donors (Lipinski definition) is 2. The number of hydrogen-bond acceptors (Lipinski definition) is 3. The standard InChI is InChI=1S/C11H21N3O2/c1-8(2)10-11(16)13-6-7-14(10)9(15)4-5-12-3/h8,10,12H,4-7H2,1-3H3,(H,13,16). The number of carbonyl (C=O) groups excluding carboxylic acids is 2. The van der Waals surface area contributed by atoms with Crippen LogP contribution in [0, 0.1) is 5.92 Å². The van der Waals surface area contributed by atoms with Crippen molar-refractivity contribution in [3.05, 3.63) is 0 Å². The summed E-state index contributed by atoms with van der Waals surface area (Å²) in [5.74, 6) is 0.181. The van der Waals surface area contributed by atoms with Crippen LogP contribution in [-0.2, 0) is 9.59 Å². The second-order valence-corrected chi connectivity index (χ2v) is 4.42. The van der Waals surface area contributed by atoms with E-state index in [-0.39, 0.29) is 23.8 Å². The molecule has 1 aliphatic rings. The van der Waals surface area contributed by atoms with Crippen LogP contribution in [0.4, 0.5) is 0 Å². The lowest BCUT2D eigenvalue weighted by Gasteiger charge is -2.37. The minimum atomic E-state index is -0.307. The fraction of sp³-hybridized carbons (Fsp3) is 0.818. The molecule has 1 aliphatic heterocycles. The van der Waals surface area contributed by atoms with Gasteiger partial charge >= 0.3 is 0 Å². The van der Waals surface area contributed by atoms with Gasteiger partial charge in [0.15, 0.2) is 0 Å². The van der Waals surface area contributed by atoms with E-state index in [9.17, 15) is 9.59 Å². The second kappa shape index (κ2) is 5.84. The SMILES string of the molecule is CNCCC(=O)N1CCNC(=O)C1C(C)C. The fourth-order valence-corrected chi connectivity index (χ4v) is 2.00. The summed E-state index contributed by atoms with van der Waals surface area (Å²) in [7, 11) is 1.82. The lowest BCUT2D eigenvalue weighted by atomic mass is 9.99. The normalized spacial score (nSPS) is 21.1. The van der Waals surface area contributed by atoms with Crippen LogP contribution in [0.5, 0.6) is 0 Å². The van der Waals surface area contributed by atoms with Crippen LogP contribution in [-0.4, -0.2) is 49.4 Å². The highest BCUT2D eigenvalue weighted by molar-refractivity contribution is 5.89. The van der Waals surface area contributed by atoms with Crippen molar-refractivity contribution in [1.29, 1.82) is 0 Å². The Morgan fingerprint density at radius 2 is 2.31 bits per heavy atom. The molecular formula is C11H21N3O2. The summed E-state index contributed by atoms with van der Waals surface area (Å²) in [6.07, 6.45) is 0.451. The molecule has 2 amide bonds. The number of piperazine rings is 1. The topological polar surface area (TPSA) is 61.4 Å². The minimum absolute atomic E-state index is 0.0287. The Morgan fingerprint density at radius 1 is 1.62 bits per heavy atom. The van der Waals surface area contributed by atoms with E-state index in [2.05, 4.69) is 10.6 Å². The summed E-state index contributed by atoms with van der Waals surface area (Å²) in [5.41, 5.74) is 0. The van der Waals surface area contributed by atoms with E-state index in [0.717, 1.165) is 0 Å². The van der Waals surface area contributed by atoms with Gasteiger partial charge in [0, 0.05) is 26.1 Å². The molecule has 0 aromatic heterocycles. The van der Waals surface area contributed by atoms with Gasteiger partial charge in [0.2, 0.25) is 11.8 Å². The molecule has 1 fully saturated rings. The smallest absolute Gasteiger partial charge is 0.243 e. The number of amides is 2. The Morgan fingerprint density at radius 3 is 2.88 bits per heavy atom. The van der Waals surface area contributed by atoms with Crippen LogP contribution in [0.25, 0.3) is 0 Å². The molecule has 0 bridgehead atoms. The lowest BCUT2D eigenvalue weighted by molar-refractivity contribution is -0.145. The van der Waals surface area contributed by atoms with Crippen LogP contribution < -0.4 is 10.6 Å². The zero-order valence-electron chi connectivity index (χ0n) is 10.2. The Bertz CT molecular complexity index is 266. The molecule has 92 valence electrons. The maximum Gasteiger partial charge on any atom is 0.243 e. The number of carbonyl (C=O) groups is 2. The predicted molar refractivity (Wildman–Crippen MR) is 61.9 cm³/mol. The van der Waals surface area contributed by atoms with Gasteiger partial charge in [-0.1, -0.05) is 13.8 Å². The molecule has 0 aliphatic carbocycles. The van der Waals surface area contributed by atoms with Crippen LogP contribution in [0.2, 0.25) is 0 Å². The summed E-state index contributed by atoms with van der Waals surface area (Å²) in [4.78, 5) is 25.3. The second-order valence-electron chi connectivity index (χ2n) is 4.42. The highest BCUT2D eigenvalue weighted by Crippen LogP contribution is 2.14. The highest BCUT2D eigenvalue weighted by atomic mass is 16.2. The molecule has 5 heteroatoms. The van der Waals surface area contributed by atoms with Crippen LogP contribution >= 0.6 is 0 Å². The van der Waals surface area contributed by atoms with Gasteiger partial charge in [0.25, 0.3) is 0 Å². The third kappa shape index (κ3) is 2.95. The Kier molecular flexibility index (Phi) is 4.73. The largest absolute Gasteiger partial charge is 0.353 e. The molecule has 5 nitrogen and oxygen atoms in total. The van der Waals surface area contributed by atoms with E-state index in [1.54, 1.807) is 4.90 Å². The summed E-state index contributed by atoms with van der Waals surface area (Å²) in [6.45, 7) is 5.77. The molecule has 1 heterocycles. The quantitative estimate of drug-likeness (QED) is 0.685. The first-order valence-corrected chi connectivity index (χ1v) is 5.79. The third-order valence-electron chi connectivity index (χ3n) is 2.80. The molecule has 1 atom stereocenters. The van der Waals surface area contributed by atoms with Crippen molar-refractivity contribution in [3.8, 4) is 0 Å². The lowest BCUT2D eigenvalue weighted by Crippen LogP contribution is -2.59. The average molecular weight is 227 g/mol. The first-order valence-electron chi connectivity index (χ1n) is 5.79. The van der Waals surface area contributed by atoms with E-state index in [4.69, 9.17) is 0 Å². The van der Waals surface area contributed by atoms with Crippen molar-refractivity contribution in [1.82, 2.24) is 15.5 Å². The molecule has 2 N–H and O–H groups in total. The van der Waals surface area contributed by atoms with Crippen LogP contribution in [0.1, 0.15) is 20.3 Å². The number of nitrogens with one attached hydrogen (secondary N) is 2. The predicted octanol–water partition coefficient (Wildman–Crippen LogP) is -0.421. The van der Waals surface area contributed by atoms with Crippen molar-refractivity contribution >= 4 is 11.8 Å². The van der Waals surface area contributed by atoms with Gasteiger partial charge in [-0.3, -0.25) is 9.59 Å². The van der Waals surface area contributed by atoms with E-state index in [1.807, 2.05) is 20.9 Å². The van der Waals surface area contributed by atoms with Crippen molar-refractivity contribution in [2.45, 2.75) is 26.3 Å². The minimum Gasteiger partial charge on any atom is -0.353 e. The summed E-state index contributed by atoms with van der Waals surface area (Å²) >= 11 is 0. The molecule has 0 aromatic carbocycles. The van der Waals surface area contributed by atoms with E-state index >= 15 is 0 Å². The third-order valence-corrected chi connectivity index (χ3v) is 2.80. The number of rotatable bonds is 4. The van der Waals surface area contributed by atoms with E-state index in [1.165, 1.54) is 0 Å². The Balaban J connectivity index is 2.67. The van der Waals surface area contributed by atoms with E-state index in [0.29, 0.717) is 26.1 Å². The highest BCUT2D eigenvalue weighted by Gasteiger charge is 2.34. The molecule has 1 rings (SSSR count). The maximum absolute atomic E-state index is 11.9. The summed E-state index contributed by atoms with van der Waals surface area (Å²) in [6, 6.07) is -0.307. The monoisotopic (exact) mass is 227 g/mol. The van der Waals surface area contributed by atoms with Crippen molar-refractivity contribution in [2.24, 2.45) is 5.92 Å². The molecular weight excluding hydrogens is 206 g/mol. The molecule has 0 spiro atoms. The molecule has 1 saturated heterocycles. The fourth-order valence-electron chi connectivity index (χ4n) is 2.00. The average Bonchev–Trinajstić information content (AvgIpc) is 2.24. The number of nitrogens with zero attached hydrogens (tertiary/aromatic N) is 1. The van der Waals surface area contributed by atoms with Gasteiger partial charge in [-0.05, 0) is 13.0 Å². The van der Waals surface area contributed by atoms with Crippen LogP contribution in [0.3, 0.4) is 0 Å². The summed E-state index contributed by atoms with van der Waals surface area (Å²) < 4.78 is 0. The van der Waals surface area contributed by atoms with Gasteiger partial charge in [0.05, 0.1) is 0 Å². The Hall–Kier alpha value is -1.10. The summed E-state index contributed by atoms with van der Waals surface area (Å²) in [5, 5.41) is 5.75. The maximum atomic E-state index is 11.9. The van der Waals surface area contributed by atoms with Gasteiger partial charge < -0.3 is 15.5 Å². The Labute approximate surface area is 96.6 Å². The van der Waals surface area contributed by atoms with Crippen molar-refractivity contribution in [3.63, 3.8) is 0 Å². The molecule has 1 unspecified atom stereocenters. The van der Waals surface area contributed by atoms with Gasteiger partial charge in [-0.15, -0.1) is 0 Å². The molecule has 16 heavy (non-hydrogen) atoms. The first kappa shape index (κ1) is 13.0. The zero-order valence-corrected chi connectivity index (χ0v) is 10.2. The van der Waals surface area contributed by atoms with E-state index < -0.39 is 0 Å². The van der Waals surface area contributed by atoms with Crippen molar-refractivity contribution < 1.29 is 9.59 Å². The first-order chi connectivity index (χ1) is 7.57. The molecule has 0 saturated carbocycles. The van der Waals surface area contributed by atoms with Gasteiger partial charge in [0.1, 0.15) is 6.04 Å². The zero-order chi connectivity index (χ0) is 12.1. The molecule has 0 aromatic rings. The van der Waals surface area contributed by atoms with Crippen LogP contribution in [0.15, 0.2) is 0 Å². The molecule has 0 radical (unpaired) electrons. The van der Waals surface area contributed by atoms with Crippen molar-refractivity contribution in [2.75, 3.05) is 26.7 Å². The van der Waals surface area contributed by atoms with Gasteiger partial charge in [-0.2, -0.15) is 0 Å².